The van der Waals surface area contributed by atoms with Crippen LogP contribution in [0.3, 0.4) is 0 Å². The molecule has 1 fully saturated rings. The molecule has 3 amide bonds. The van der Waals surface area contributed by atoms with Gasteiger partial charge in [0.05, 0.1) is 22.1 Å². The summed E-state index contributed by atoms with van der Waals surface area (Å²) in [7, 11) is 0. The van der Waals surface area contributed by atoms with Crippen molar-refractivity contribution in [3.63, 3.8) is 0 Å². The summed E-state index contributed by atoms with van der Waals surface area (Å²) in [5, 5.41) is 8.72. The molecule has 1 aromatic carbocycles. The maximum atomic E-state index is 12.1. The number of benzene rings is 1. The molecular formula is C17H16BrN3O3S. The second-order valence-corrected chi connectivity index (χ2v) is 7.58. The fourth-order valence-corrected chi connectivity index (χ4v) is 3.31. The lowest BCUT2D eigenvalue weighted by Gasteiger charge is -2.07. The number of para-hydroxylation sites is 1. The smallest absolute Gasteiger partial charge is 0.261 e. The number of carbonyl (C=O) groups excluding carboxylic acids is 3. The van der Waals surface area contributed by atoms with Crippen LogP contribution in [0.2, 0.25) is 0 Å². The third-order valence-electron chi connectivity index (χ3n) is 3.58. The summed E-state index contributed by atoms with van der Waals surface area (Å²) in [5.41, 5.74) is 0.642. The molecule has 1 heterocycles. The number of nitrogens with one attached hydrogen (secondary N) is 3. The summed E-state index contributed by atoms with van der Waals surface area (Å²) < 4.78 is 0.768. The highest BCUT2D eigenvalue weighted by Gasteiger charge is 2.29. The number of rotatable bonds is 6. The standard InChI is InChI=1S/C17H16BrN3O3S/c18-11-3-1-2-4-12(11)20-14(22)9-19-17(24)13-7-8-15(25-13)21-16(23)10-5-6-10/h1-4,7-8,10H,5-6,9H2,(H,19,24)(H,20,22)(H,21,23). The van der Waals surface area contributed by atoms with Crippen molar-refractivity contribution in [1.82, 2.24) is 5.32 Å². The van der Waals surface area contributed by atoms with Gasteiger partial charge in [0.2, 0.25) is 11.8 Å². The Morgan fingerprint density at radius 1 is 1.08 bits per heavy atom. The zero-order valence-electron chi connectivity index (χ0n) is 13.2. The normalized spacial score (nSPS) is 13.2. The molecule has 130 valence electrons. The molecular weight excluding hydrogens is 406 g/mol. The van der Waals surface area contributed by atoms with Crippen LogP contribution in [0.5, 0.6) is 0 Å². The van der Waals surface area contributed by atoms with Crippen molar-refractivity contribution in [1.29, 1.82) is 0 Å². The van der Waals surface area contributed by atoms with Gasteiger partial charge in [-0.3, -0.25) is 14.4 Å². The van der Waals surface area contributed by atoms with Gasteiger partial charge in [0.15, 0.2) is 0 Å². The van der Waals surface area contributed by atoms with Crippen molar-refractivity contribution in [2.75, 3.05) is 17.2 Å². The minimum Gasteiger partial charge on any atom is -0.342 e. The summed E-state index contributed by atoms with van der Waals surface area (Å²) in [6.45, 7) is -0.137. The van der Waals surface area contributed by atoms with E-state index in [9.17, 15) is 14.4 Å². The molecule has 0 saturated heterocycles. The van der Waals surface area contributed by atoms with Crippen molar-refractivity contribution in [2.24, 2.45) is 5.92 Å². The molecule has 0 bridgehead atoms. The zero-order valence-corrected chi connectivity index (χ0v) is 15.6. The number of hydrogen-bond donors (Lipinski definition) is 3. The Hall–Kier alpha value is -2.19. The Kier molecular flexibility index (Phi) is 5.50. The average molecular weight is 422 g/mol. The first kappa shape index (κ1) is 17.6. The first-order chi connectivity index (χ1) is 12.0. The summed E-state index contributed by atoms with van der Waals surface area (Å²) in [6.07, 6.45) is 1.86. The predicted octanol–water partition coefficient (Wildman–Crippen LogP) is 3.23. The summed E-state index contributed by atoms with van der Waals surface area (Å²) >= 11 is 4.53. The van der Waals surface area contributed by atoms with Gasteiger partial charge >= 0.3 is 0 Å². The van der Waals surface area contributed by atoms with Crippen LogP contribution in [0.1, 0.15) is 22.5 Å². The molecule has 1 aromatic heterocycles. The van der Waals surface area contributed by atoms with E-state index in [1.165, 1.54) is 11.3 Å². The van der Waals surface area contributed by atoms with Crippen LogP contribution in [0.15, 0.2) is 40.9 Å². The maximum Gasteiger partial charge on any atom is 0.261 e. The zero-order chi connectivity index (χ0) is 17.8. The van der Waals surface area contributed by atoms with E-state index in [4.69, 9.17) is 0 Å². The van der Waals surface area contributed by atoms with E-state index in [2.05, 4.69) is 31.9 Å². The molecule has 6 nitrogen and oxygen atoms in total. The van der Waals surface area contributed by atoms with E-state index in [0.29, 0.717) is 15.6 Å². The topological polar surface area (TPSA) is 87.3 Å². The average Bonchev–Trinajstić information content (AvgIpc) is 3.35. The van der Waals surface area contributed by atoms with Gasteiger partial charge in [-0.2, -0.15) is 0 Å². The maximum absolute atomic E-state index is 12.1. The van der Waals surface area contributed by atoms with Crippen LogP contribution in [0.25, 0.3) is 0 Å². The quantitative estimate of drug-likeness (QED) is 0.668. The Balaban J connectivity index is 1.48. The van der Waals surface area contributed by atoms with Gasteiger partial charge < -0.3 is 16.0 Å². The highest BCUT2D eigenvalue weighted by atomic mass is 79.9. The SMILES string of the molecule is O=C(CNC(=O)c1ccc(NC(=O)C2CC2)s1)Nc1ccccc1Br. The molecule has 2 aromatic rings. The van der Waals surface area contributed by atoms with Crippen LogP contribution in [-0.4, -0.2) is 24.3 Å². The van der Waals surface area contributed by atoms with Crippen LogP contribution >= 0.6 is 27.3 Å². The molecule has 1 aliphatic carbocycles. The number of carbonyl (C=O) groups is 3. The van der Waals surface area contributed by atoms with Gasteiger partial charge in [0, 0.05) is 10.4 Å². The lowest BCUT2D eigenvalue weighted by molar-refractivity contribution is -0.117. The highest BCUT2D eigenvalue weighted by molar-refractivity contribution is 9.10. The van der Waals surface area contributed by atoms with Crippen molar-refractivity contribution < 1.29 is 14.4 Å². The molecule has 1 saturated carbocycles. The van der Waals surface area contributed by atoms with Crippen molar-refractivity contribution in [2.45, 2.75) is 12.8 Å². The van der Waals surface area contributed by atoms with E-state index in [0.717, 1.165) is 17.3 Å². The summed E-state index contributed by atoms with van der Waals surface area (Å²) in [5.74, 6) is -0.555. The molecule has 0 aliphatic heterocycles. The van der Waals surface area contributed by atoms with Crippen LogP contribution in [-0.2, 0) is 9.59 Å². The van der Waals surface area contributed by atoms with E-state index >= 15 is 0 Å². The van der Waals surface area contributed by atoms with Gasteiger partial charge in [0.25, 0.3) is 5.91 Å². The predicted molar refractivity (Wildman–Crippen MR) is 101 cm³/mol. The first-order valence-electron chi connectivity index (χ1n) is 7.76. The Morgan fingerprint density at radius 3 is 2.56 bits per heavy atom. The molecule has 0 radical (unpaired) electrons. The highest BCUT2D eigenvalue weighted by Crippen LogP contribution is 2.31. The van der Waals surface area contributed by atoms with E-state index < -0.39 is 0 Å². The first-order valence-corrected chi connectivity index (χ1v) is 9.37. The van der Waals surface area contributed by atoms with Crippen molar-refractivity contribution in [3.05, 3.63) is 45.7 Å². The lowest BCUT2D eigenvalue weighted by atomic mass is 10.3. The molecule has 25 heavy (non-hydrogen) atoms. The number of amides is 3. The van der Waals surface area contributed by atoms with Crippen molar-refractivity contribution in [3.8, 4) is 0 Å². The van der Waals surface area contributed by atoms with Gasteiger partial charge in [-0.15, -0.1) is 11.3 Å². The third kappa shape index (κ3) is 4.90. The Bertz CT molecular complexity index is 817. The summed E-state index contributed by atoms with van der Waals surface area (Å²) in [6, 6.07) is 10.6. The second kappa shape index (κ2) is 7.79. The Morgan fingerprint density at radius 2 is 1.84 bits per heavy atom. The van der Waals surface area contributed by atoms with Crippen LogP contribution < -0.4 is 16.0 Å². The molecule has 0 atom stereocenters. The molecule has 8 heteroatoms. The number of halogens is 1. The monoisotopic (exact) mass is 421 g/mol. The minimum atomic E-state index is -0.348. The third-order valence-corrected chi connectivity index (χ3v) is 5.27. The molecule has 3 N–H and O–H groups in total. The fourth-order valence-electron chi connectivity index (χ4n) is 2.10. The van der Waals surface area contributed by atoms with Gasteiger partial charge in [0.1, 0.15) is 0 Å². The van der Waals surface area contributed by atoms with Gasteiger partial charge in [-0.05, 0) is 53.0 Å². The van der Waals surface area contributed by atoms with Crippen molar-refractivity contribution >= 4 is 55.7 Å². The number of anilines is 2. The molecule has 1 aliphatic rings. The lowest BCUT2D eigenvalue weighted by Crippen LogP contribution is -2.32. The van der Waals surface area contributed by atoms with Gasteiger partial charge in [-0.25, -0.2) is 0 Å². The minimum absolute atomic E-state index is 0.00150. The second-order valence-electron chi connectivity index (χ2n) is 5.64. The van der Waals surface area contributed by atoms with Crippen LogP contribution in [0.4, 0.5) is 10.7 Å². The number of hydrogen-bond acceptors (Lipinski definition) is 4. The largest absolute Gasteiger partial charge is 0.342 e. The number of thiophene rings is 1. The Labute approximate surface area is 157 Å². The van der Waals surface area contributed by atoms with Crippen LogP contribution in [0, 0.1) is 5.92 Å². The molecule has 0 spiro atoms. The summed E-state index contributed by atoms with van der Waals surface area (Å²) in [4.78, 5) is 36.2. The van der Waals surface area contributed by atoms with E-state index in [1.807, 2.05) is 18.2 Å². The molecule has 0 unspecified atom stereocenters. The fraction of sp³-hybridized carbons (Fsp3) is 0.235. The van der Waals surface area contributed by atoms with E-state index in [-0.39, 0.29) is 30.2 Å². The van der Waals surface area contributed by atoms with Gasteiger partial charge in [-0.1, -0.05) is 12.1 Å². The van der Waals surface area contributed by atoms with E-state index in [1.54, 1.807) is 18.2 Å². The molecule has 3 rings (SSSR count).